The quantitative estimate of drug-likeness (QED) is 0.339. The molecule has 0 atom stereocenters. The van der Waals surface area contributed by atoms with Crippen molar-refractivity contribution in [1.82, 2.24) is 0 Å². The Morgan fingerprint density at radius 1 is 0.846 bits per heavy atom. The second-order valence-corrected chi connectivity index (χ2v) is 7.17. The van der Waals surface area contributed by atoms with Crippen LogP contribution in [0.1, 0.15) is 78.1 Å². The van der Waals surface area contributed by atoms with Crippen LogP contribution in [0, 0.1) is 5.41 Å². The zero-order chi connectivity index (χ0) is 19.1. The smallest absolute Gasteiger partial charge is 0.305 e. The van der Waals surface area contributed by atoms with E-state index in [9.17, 15) is 9.59 Å². The monoisotopic (exact) mass is 372 g/mol. The Kier molecular flexibility index (Phi) is 12.3. The summed E-state index contributed by atoms with van der Waals surface area (Å²) in [6.45, 7) is 6.39. The van der Waals surface area contributed by atoms with Gasteiger partial charge in [0.2, 0.25) is 0 Å². The minimum Gasteiger partial charge on any atom is -0.466 e. The number of hydrogen-bond acceptors (Lipinski definition) is 6. The van der Waals surface area contributed by atoms with Crippen LogP contribution in [0.5, 0.6) is 0 Å². The summed E-state index contributed by atoms with van der Waals surface area (Å²) in [6.07, 6.45) is 8.76. The molecule has 0 aromatic heterocycles. The zero-order valence-electron chi connectivity index (χ0n) is 16.6. The largest absolute Gasteiger partial charge is 0.466 e. The summed E-state index contributed by atoms with van der Waals surface area (Å²) < 4.78 is 21.2. The average molecular weight is 373 g/mol. The fourth-order valence-corrected chi connectivity index (χ4v) is 2.83. The lowest BCUT2D eigenvalue weighted by Crippen LogP contribution is -2.41. The van der Waals surface area contributed by atoms with Crippen LogP contribution in [0.25, 0.3) is 0 Å². The molecule has 0 bridgehead atoms. The predicted octanol–water partition coefficient (Wildman–Crippen LogP) is 4.00. The Morgan fingerprint density at radius 3 is 2.12 bits per heavy atom. The van der Waals surface area contributed by atoms with E-state index < -0.39 is 0 Å². The van der Waals surface area contributed by atoms with Crippen molar-refractivity contribution in [3.05, 3.63) is 0 Å². The summed E-state index contributed by atoms with van der Waals surface area (Å²) in [5.41, 5.74) is -0.246. The molecule has 0 amide bonds. The highest BCUT2D eigenvalue weighted by molar-refractivity contribution is 5.72. The van der Waals surface area contributed by atoms with Crippen molar-refractivity contribution in [2.24, 2.45) is 5.41 Å². The van der Waals surface area contributed by atoms with Gasteiger partial charge in [-0.1, -0.05) is 46.0 Å². The second kappa shape index (κ2) is 14.0. The van der Waals surface area contributed by atoms with Crippen LogP contribution in [0.15, 0.2) is 0 Å². The molecule has 0 unspecified atom stereocenters. The Morgan fingerprint density at radius 2 is 1.46 bits per heavy atom. The van der Waals surface area contributed by atoms with Gasteiger partial charge in [-0.25, -0.2) is 0 Å². The summed E-state index contributed by atoms with van der Waals surface area (Å²) in [6, 6.07) is 0. The van der Waals surface area contributed by atoms with E-state index in [1.54, 1.807) is 0 Å². The van der Waals surface area contributed by atoms with Crippen molar-refractivity contribution in [3.8, 4) is 0 Å². The van der Waals surface area contributed by atoms with E-state index in [4.69, 9.17) is 18.9 Å². The van der Waals surface area contributed by atoms with Crippen molar-refractivity contribution in [3.63, 3.8) is 0 Å². The summed E-state index contributed by atoms with van der Waals surface area (Å²) in [4.78, 5) is 23.5. The fourth-order valence-electron chi connectivity index (χ4n) is 2.83. The van der Waals surface area contributed by atoms with Crippen LogP contribution >= 0.6 is 0 Å². The molecule has 1 fully saturated rings. The van der Waals surface area contributed by atoms with Crippen LogP contribution in [-0.4, -0.2) is 45.2 Å². The van der Waals surface area contributed by atoms with Crippen molar-refractivity contribution in [2.45, 2.75) is 78.1 Å². The van der Waals surface area contributed by atoms with Crippen LogP contribution < -0.4 is 0 Å². The van der Waals surface area contributed by atoms with Crippen molar-refractivity contribution in [2.75, 3.05) is 33.2 Å². The van der Waals surface area contributed by atoms with E-state index in [2.05, 4.69) is 6.92 Å². The normalized spacial score (nSPS) is 16.2. The molecule has 0 saturated carbocycles. The summed E-state index contributed by atoms with van der Waals surface area (Å²) in [5, 5.41) is 0. The topological polar surface area (TPSA) is 71.1 Å². The molecule has 0 N–H and O–H groups in total. The highest BCUT2D eigenvalue weighted by Crippen LogP contribution is 2.26. The lowest BCUT2D eigenvalue weighted by Gasteiger charge is -2.35. The molecule has 0 spiro atoms. The van der Waals surface area contributed by atoms with Gasteiger partial charge >= 0.3 is 11.9 Å². The Balaban J connectivity index is 2.02. The molecule has 0 aromatic carbocycles. The molecule has 6 nitrogen and oxygen atoms in total. The third-order valence-corrected chi connectivity index (χ3v) is 4.80. The van der Waals surface area contributed by atoms with Crippen LogP contribution in [0.2, 0.25) is 0 Å². The van der Waals surface area contributed by atoms with Gasteiger partial charge in [0, 0.05) is 12.8 Å². The van der Waals surface area contributed by atoms with Gasteiger partial charge in [-0.05, 0) is 19.3 Å². The number of ether oxygens (including phenoxy) is 4. The van der Waals surface area contributed by atoms with E-state index in [1.165, 1.54) is 25.7 Å². The highest BCUT2D eigenvalue weighted by Gasteiger charge is 2.33. The SMILES string of the molecule is CCCCCCCCOC(=O)CCCC(=O)OCC1(CC)COCOC1. The molecule has 0 aromatic rings. The number of esters is 2. The van der Waals surface area contributed by atoms with E-state index >= 15 is 0 Å². The Hall–Kier alpha value is -1.14. The molecule has 1 saturated heterocycles. The third-order valence-electron chi connectivity index (χ3n) is 4.80. The number of hydrogen-bond donors (Lipinski definition) is 0. The first-order valence-corrected chi connectivity index (χ1v) is 10.1. The molecular formula is C20H36O6. The maximum Gasteiger partial charge on any atom is 0.305 e. The first kappa shape index (κ1) is 22.9. The van der Waals surface area contributed by atoms with E-state index in [-0.39, 0.29) is 30.2 Å². The van der Waals surface area contributed by atoms with E-state index in [0.29, 0.717) is 39.6 Å². The predicted molar refractivity (Wildman–Crippen MR) is 98.6 cm³/mol. The van der Waals surface area contributed by atoms with Crippen LogP contribution in [-0.2, 0) is 28.5 Å². The summed E-state index contributed by atoms with van der Waals surface area (Å²) in [7, 11) is 0. The van der Waals surface area contributed by atoms with Crippen LogP contribution in [0.3, 0.4) is 0 Å². The van der Waals surface area contributed by atoms with Crippen molar-refractivity contribution >= 4 is 11.9 Å². The molecule has 6 heteroatoms. The molecular weight excluding hydrogens is 336 g/mol. The minimum absolute atomic E-state index is 0.230. The van der Waals surface area contributed by atoms with Gasteiger partial charge in [0.1, 0.15) is 13.4 Å². The number of unbranched alkanes of at least 4 members (excludes halogenated alkanes) is 5. The number of carbonyl (C=O) groups excluding carboxylic acids is 2. The Labute approximate surface area is 157 Å². The average Bonchev–Trinajstić information content (AvgIpc) is 2.66. The lowest BCUT2D eigenvalue weighted by molar-refractivity contribution is -0.187. The molecule has 1 rings (SSSR count). The lowest BCUT2D eigenvalue weighted by atomic mass is 9.87. The molecule has 152 valence electrons. The maximum atomic E-state index is 11.9. The van der Waals surface area contributed by atoms with Crippen molar-refractivity contribution in [1.29, 1.82) is 0 Å². The minimum atomic E-state index is -0.285. The number of carbonyl (C=O) groups is 2. The third kappa shape index (κ3) is 10.1. The summed E-state index contributed by atoms with van der Waals surface area (Å²) in [5.74, 6) is -0.516. The van der Waals surface area contributed by atoms with Gasteiger partial charge in [0.15, 0.2) is 0 Å². The molecule has 0 aliphatic carbocycles. The van der Waals surface area contributed by atoms with Gasteiger partial charge in [-0.15, -0.1) is 0 Å². The van der Waals surface area contributed by atoms with Crippen LogP contribution in [0.4, 0.5) is 0 Å². The van der Waals surface area contributed by atoms with E-state index in [1.807, 2.05) is 6.92 Å². The maximum absolute atomic E-state index is 11.9. The first-order chi connectivity index (χ1) is 12.6. The molecule has 0 radical (unpaired) electrons. The Bertz CT molecular complexity index is 390. The van der Waals surface area contributed by atoms with Crippen molar-refractivity contribution < 1.29 is 28.5 Å². The molecule has 1 aliphatic heterocycles. The molecule has 1 aliphatic rings. The second-order valence-electron chi connectivity index (χ2n) is 7.17. The highest BCUT2D eigenvalue weighted by atomic mass is 16.7. The van der Waals surface area contributed by atoms with Gasteiger partial charge in [0.05, 0.1) is 25.2 Å². The van der Waals surface area contributed by atoms with Gasteiger partial charge in [0.25, 0.3) is 0 Å². The fraction of sp³-hybridized carbons (Fsp3) is 0.900. The van der Waals surface area contributed by atoms with Gasteiger partial charge < -0.3 is 18.9 Å². The van der Waals surface area contributed by atoms with E-state index in [0.717, 1.165) is 19.3 Å². The standard InChI is InChI=1S/C20H36O6/c1-3-5-6-7-8-9-13-25-18(21)11-10-12-19(22)26-16-20(4-2)14-23-17-24-15-20/h3-17H2,1-2H3. The molecule has 1 heterocycles. The first-order valence-electron chi connectivity index (χ1n) is 10.1. The zero-order valence-corrected chi connectivity index (χ0v) is 16.6. The number of rotatable bonds is 14. The van der Waals surface area contributed by atoms with Gasteiger partial charge in [-0.2, -0.15) is 0 Å². The summed E-state index contributed by atoms with van der Waals surface area (Å²) >= 11 is 0. The van der Waals surface area contributed by atoms with Gasteiger partial charge in [-0.3, -0.25) is 9.59 Å². The molecule has 26 heavy (non-hydrogen) atoms.